The van der Waals surface area contributed by atoms with Gasteiger partial charge in [-0.15, -0.1) is 0 Å². The lowest BCUT2D eigenvalue weighted by atomic mass is 9.80. The third kappa shape index (κ3) is 21.5. The van der Waals surface area contributed by atoms with Crippen LogP contribution in [0, 0.1) is 0 Å². The molecule has 4 nitrogen and oxygen atoms in total. The van der Waals surface area contributed by atoms with Gasteiger partial charge in [0.15, 0.2) is 0 Å². The standard InChI is InChI=1S/C60H92O4/c1-3-5-7-9-11-13-15-17-19-21-23-25-27-29-31-42-50-61-57-52-63-58(59(57)62-51-43-32-30-28-26-24-22-20-18-16-14-12-10-8-6-4-2)53-64-60(54-44-36-33-37-45-54,55-46-38-34-39-47-55)56-48-40-35-41-49-56/h17-20,33-41,44-49,57-59H,3-16,21-32,42-43,50-53H2,1-2H3/b19-17-,20-18-/t57-,58+,59+/m0/s1. The van der Waals surface area contributed by atoms with Gasteiger partial charge in [0.1, 0.15) is 23.9 Å². The number of rotatable bonds is 40. The number of benzene rings is 3. The Balaban J connectivity index is 1.23. The van der Waals surface area contributed by atoms with Gasteiger partial charge in [-0.05, 0) is 80.9 Å². The number of ether oxygens (including phenoxy) is 4. The molecular weight excluding hydrogens is 785 g/mol. The lowest BCUT2D eigenvalue weighted by molar-refractivity contribution is -0.0988. The van der Waals surface area contributed by atoms with Gasteiger partial charge in [0, 0.05) is 13.2 Å². The van der Waals surface area contributed by atoms with Gasteiger partial charge >= 0.3 is 0 Å². The van der Waals surface area contributed by atoms with Crippen molar-refractivity contribution in [2.24, 2.45) is 0 Å². The maximum Gasteiger partial charge on any atom is 0.143 e. The zero-order valence-electron chi connectivity index (χ0n) is 41.0. The van der Waals surface area contributed by atoms with Crippen molar-refractivity contribution >= 4 is 0 Å². The summed E-state index contributed by atoms with van der Waals surface area (Å²) in [5, 5.41) is 0. The smallest absolute Gasteiger partial charge is 0.143 e. The number of hydrogen-bond acceptors (Lipinski definition) is 4. The average Bonchev–Trinajstić information content (AvgIpc) is 3.72. The molecule has 3 aromatic carbocycles. The zero-order chi connectivity index (χ0) is 44.9. The Bertz CT molecular complexity index is 1440. The molecule has 1 aliphatic rings. The minimum atomic E-state index is -0.801. The second kappa shape index (κ2) is 36.1. The van der Waals surface area contributed by atoms with Crippen LogP contribution in [0.4, 0.5) is 0 Å². The Kier molecular flexibility index (Phi) is 30.3. The van der Waals surface area contributed by atoms with Crippen LogP contribution in [0.15, 0.2) is 115 Å². The lowest BCUT2D eigenvalue weighted by Crippen LogP contribution is -2.41. The quantitative estimate of drug-likeness (QED) is 0.0324. The molecule has 0 bridgehead atoms. The van der Waals surface area contributed by atoms with E-state index >= 15 is 0 Å². The molecule has 1 aliphatic heterocycles. The van der Waals surface area contributed by atoms with Crippen LogP contribution in [-0.4, -0.2) is 44.7 Å². The molecule has 3 atom stereocenters. The van der Waals surface area contributed by atoms with Crippen molar-refractivity contribution in [1.82, 2.24) is 0 Å². The van der Waals surface area contributed by atoms with Crippen LogP contribution in [0.5, 0.6) is 0 Å². The molecule has 0 amide bonds. The maximum atomic E-state index is 7.26. The van der Waals surface area contributed by atoms with Gasteiger partial charge in [0.2, 0.25) is 0 Å². The first-order valence-corrected chi connectivity index (χ1v) is 26.7. The summed E-state index contributed by atoms with van der Waals surface area (Å²) in [4.78, 5) is 0. The minimum Gasteiger partial charge on any atom is -0.373 e. The molecule has 4 heteroatoms. The van der Waals surface area contributed by atoms with Gasteiger partial charge in [-0.3, -0.25) is 0 Å². The Morgan fingerprint density at radius 2 is 0.781 bits per heavy atom. The van der Waals surface area contributed by atoms with E-state index in [2.05, 4.69) is 129 Å². The summed E-state index contributed by atoms with van der Waals surface area (Å²) in [6.45, 7) is 6.98. The van der Waals surface area contributed by atoms with Crippen LogP contribution in [0.2, 0.25) is 0 Å². The van der Waals surface area contributed by atoms with E-state index in [4.69, 9.17) is 18.9 Å². The Morgan fingerprint density at radius 1 is 0.438 bits per heavy atom. The Morgan fingerprint density at radius 3 is 1.17 bits per heavy atom. The van der Waals surface area contributed by atoms with Crippen molar-refractivity contribution in [3.05, 3.63) is 132 Å². The van der Waals surface area contributed by atoms with Crippen molar-refractivity contribution in [2.45, 2.75) is 218 Å². The molecule has 356 valence electrons. The molecule has 0 N–H and O–H groups in total. The lowest BCUT2D eigenvalue weighted by Gasteiger charge is -2.37. The van der Waals surface area contributed by atoms with Gasteiger partial charge < -0.3 is 18.9 Å². The summed E-state index contributed by atoms with van der Waals surface area (Å²) in [7, 11) is 0. The van der Waals surface area contributed by atoms with Gasteiger partial charge in [-0.25, -0.2) is 0 Å². The molecule has 3 aromatic rings. The maximum absolute atomic E-state index is 7.26. The van der Waals surface area contributed by atoms with Crippen LogP contribution in [0.25, 0.3) is 0 Å². The molecule has 0 radical (unpaired) electrons. The molecule has 64 heavy (non-hydrogen) atoms. The summed E-state index contributed by atoms with van der Waals surface area (Å²) >= 11 is 0. The zero-order valence-corrected chi connectivity index (χ0v) is 41.0. The van der Waals surface area contributed by atoms with Crippen molar-refractivity contribution in [3.63, 3.8) is 0 Å². The van der Waals surface area contributed by atoms with Crippen LogP contribution in [0.3, 0.4) is 0 Å². The van der Waals surface area contributed by atoms with Gasteiger partial charge in [0.05, 0.1) is 13.2 Å². The van der Waals surface area contributed by atoms with Crippen molar-refractivity contribution < 1.29 is 18.9 Å². The monoisotopic (exact) mass is 877 g/mol. The third-order valence-corrected chi connectivity index (χ3v) is 13.2. The van der Waals surface area contributed by atoms with Crippen molar-refractivity contribution in [3.8, 4) is 0 Å². The van der Waals surface area contributed by atoms with Gasteiger partial charge in [0.25, 0.3) is 0 Å². The summed E-state index contributed by atoms with van der Waals surface area (Å²) in [6.07, 6.45) is 45.7. The van der Waals surface area contributed by atoms with E-state index in [0.29, 0.717) is 13.2 Å². The average molecular weight is 877 g/mol. The van der Waals surface area contributed by atoms with Crippen LogP contribution < -0.4 is 0 Å². The second-order valence-electron chi connectivity index (χ2n) is 18.6. The summed E-state index contributed by atoms with van der Waals surface area (Å²) < 4.78 is 27.2. The SMILES string of the molecule is CCCCCCCC/C=C\CCCCCCCCO[C@@H]1[C@@H](OCCCCCCCC/C=C\CCCCCCCC)CO[C@@H]1COC(c1ccccc1)(c1ccccc1)c1ccccc1. The predicted octanol–water partition coefficient (Wildman–Crippen LogP) is 17.2. The van der Waals surface area contributed by atoms with Gasteiger partial charge in [-0.2, -0.15) is 0 Å². The number of hydrogen-bond donors (Lipinski definition) is 0. The molecule has 0 spiro atoms. The second-order valence-corrected chi connectivity index (χ2v) is 18.6. The first-order valence-electron chi connectivity index (χ1n) is 26.7. The molecule has 1 fully saturated rings. The van der Waals surface area contributed by atoms with E-state index in [1.165, 1.54) is 167 Å². The molecule has 0 aliphatic carbocycles. The van der Waals surface area contributed by atoms with E-state index in [1.807, 2.05) is 0 Å². The summed E-state index contributed by atoms with van der Waals surface area (Å²) in [5.74, 6) is 0. The van der Waals surface area contributed by atoms with Crippen molar-refractivity contribution in [2.75, 3.05) is 26.4 Å². The normalized spacial score (nSPS) is 16.8. The highest BCUT2D eigenvalue weighted by Crippen LogP contribution is 2.41. The topological polar surface area (TPSA) is 36.9 Å². The fourth-order valence-electron chi connectivity index (χ4n) is 9.28. The summed E-state index contributed by atoms with van der Waals surface area (Å²) in [5.41, 5.74) is 2.49. The summed E-state index contributed by atoms with van der Waals surface area (Å²) in [6, 6.07) is 31.9. The highest BCUT2D eigenvalue weighted by Gasteiger charge is 2.43. The first-order chi connectivity index (χ1) is 31.8. The van der Waals surface area contributed by atoms with Crippen LogP contribution in [-0.2, 0) is 24.5 Å². The molecular formula is C60H92O4. The molecule has 0 unspecified atom stereocenters. The number of allylic oxidation sites excluding steroid dienone is 4. The van der Waals surface area contributed by atoms with E-state index in [1.54, 1.807) is 0 Å². The van der Waals surface area contributed by atoms with Crippen molar-refractivity contribution in [1.29, 1.82) is 0 Å². The molecule has 1 heterocycles. The largest absolute Gasteiger partial charge is 0.373 e. The van der Waals surface area contributed by atoms with E-state index in [0.717, 1.165) is 42.7 Å². The fourth-order valence-corrected chi connectivity index (χ4v) is 9.28. The van der Waals surface area contributed by atoms with E-state index in [-0.39, 0.29) is 18.3 Å². The highest BCUT2D eigenvalue weighted by atomic mass is 16.6. The molecule has 4 rings (SSSR count). The third-order valence-electron chi connectivity index (χ3n) is 13.2. The Hall–Kier alpha value is -3.02. The van der Waals surface area contributed by atoms with Gasteiger partial charge in [-0.1, -0.05) is 245 Å². The number of unbranched alkanes of at least 4 members (excludes halogenated alkanes) is 24. The van der Waals surface area contributed by atoms with Crippen LogP contribution >= 0.6 is 0 Å². The van der Waals surface area contributed by atoms with E-state index < -0.39 is 5.60 Å². The minimum absolute atomic E-state index is 0.0922. The molecule has 0 aromatic heterocycles. The molecule has 1 saturated heterocycles. The van der Waals surface area contributed by atoms with Crippen LogP contribution in [0.1, 0.15) is 210 Å². The Labute approximate surface area is 393 Å². The fraction of sp³-hybridized carbons (Fsp3) is 0.633. The highest BCUT2D eigenvalue weighted by molar-refractivity contribution is 5.47. The predicted molar refractivity (Wildman–Crippen MR) is 273 cm³/mol. The first kappa shape index (κ1) is 53.6. The molecule has 0 saturated carbocycles. The van der Waals surface area contributed by atoms with E-state index in [9.17, 15) is 0 Å².